The predicted molar refractivity (Wildman–Crippen MR) is 89.5 cm³/mol. The monoisotopic (exact) mass is 347 g/mol. The smallest absolute Gasteiger partial charge is 0.410 e. The first-order valence-corrected chi connectivity index (χ1v) is 8.35. The van der Waals surface area contributed by atoms with Crippen LogP contribution >= 0.6 is 11.3 Å². The number of carbonyl (C=O) groups excluding carboxylic acids is 1. The number of rotatable bonds is 4. The predicted octanol–water partition coefficient (Wildman–Crippen LogP) is 2.30. The van der Waals surface area contributed by atoms with E-state index in [2.05, 4.69) is 4.98 Å². The molecule has 0 aliphatic carbocycles. The number of hydrogen-bond acceptors (Lipinski definition) is 6. The quantitative estimate of drug-likeness (QED) is 0.914. The van der Waals surface area contributed by atoms with E-state index in [0.29, 0.717) is 31.3 Å². The van der Waals surface area contributed by atoms with Crippen LogP contribution in [0.15, 0.2) is 36.5 Å². The Morgan fingerprint density at radius 2 is 1.88 bits per heavy atom. The van der Waals surface area contributed by atoms with Gasteiger partial charge < -0.3 is 19.6 Å². The van der Waals surface area contributed by atoms with Crippen LogP contribution in [-0.2, 0) is 11.3 Å². The van der Waals surface area contributed by atoms with Crippen molar-refractivity contribution in [3.8, 4) is 0 Å². The number of carbonyl (C=O) groups is 2. The van der Waals surface area contributed by atoms with Gasteiger partial charge in [-0.25, -0.2) is 14.6 Å². The minimum Gasteiger partial charge on any atom is -0.477 e. The van der Waals surface area contributed by atoms with Crippen LogP contribution in [0.2, 0.25) is 0 Å². The van der Waals surface area contributed by atoms with E-state index >= 15 is 0 Å². The number of hydrogen-bond donors (Lipinski definition) is 1. The number of carboxylic acid groups (broad SMARTS) is 1. The van der Waals surface area contributed by atoms with Gasteiger partial charge >= 0.3 is 12.1 Å². The molecule has 1 saturated heterocycles. The molecule has 3 rings (SSSR count). The summed E-state index contributed by atoms with van der Waals surface area (Å²) in [5, 5.41) is 9.62. The van der Waals surface area contributed by atoms with Gasteiger partial charge in [-0.1, -0.05) is 41.7 Å². The highest BCUT2D eigenvalue weighted by molar-refractivity contribution is 7.17. The van der Waals surface area contributed by atoms with Gasteiger partial charge in [0, 0.05) is 26.2 Å². The van der Waals surface area contributed by atoms with Crippen molar-refractivity contribution >= 4 is 28.5 Å². The summed E-state index contributed by atoms with van der Waals surface area (Å²) in [7, 11) is 0. The minimum atomic E-state index is -0.970. The zero-order valence-corrected chi connectivity index (χ0v) is 13.7. The second-order valence-electron chi connectivity index (χ2n) is 5.33. The van der Waals surface area contributed by atoms with Crippen molar-refractivity contribution in [2.75, 3.05) is 31.1 Å². The van der Waals surface area contributed by atoms with Crippen molar-refractivity contribution in [1.29, 1.82) is 0 Å². The molecule has 0 atom stereocenters. The van der Waals surface area contributed by atoms with Gasteiger partial charge in [0.15, 0.2) is 5.13 Å². The maximum absolute atomic E-state index is 12.1. The normalized spacial score (nSPS) is 14.5. The third-order valence-corrected chi connectivity index (χ3v) is 4.76. The minimum absolute atomic E-state index is 0.217. The molecular weight excluding hydrogens is 330 g/mol. The van der Waals surface area contributed by atoms with Gasteiger partial charge in [-0.3, -0.25) is 0 Å². The molecule has 24 heavy (non-hydrogen) atoms. The molecule has 1 amide bonds. The number of nitrogens with zero attached hydrogens (tertiary/aromatic N) is 3. The van der Waals surface area contributed by atoms with E-state index in [1.54, 1.807) is 4.90 Å². The lowest BCUT2D eigenvalue weighted by molar-refractivity contribution is 0.0701. The summed E-state index contributed by atoms with van der Waals surface area (Å²) >= 11 is 1.15. The summed E-state index contributed by atoms with van der Waals surface area (Å²) in [6.45, 7) is 2.51. The molecule has 2 aromatic rings. The summed E-state index contributed by atoms with van der Waals surface area (Å²) in [6, 6.07) is 9.54. The first kappa shape index (κ1) is 16.3. The molecule has 0 bridgehead atoms. The highest BCUT2D eigenvalue weighted by atomic mass is 32.1. The Morgan fingerprint density at radius 3 is 2.50 bits per heavy atom. The van der Waals surface area contributed by atoms with E-state index in [-0.39, 0.29) is 17.6 Å². The molecule has 8 heteroatoms. The molecule has 2 heterocycles. The van der Waals surface area contributed by atoms with E-state index in [0.717, 1.165) is 16.9 Å². The summed E-state index contributed by atoms with van der Waals surface area (Å²) in [5.74, 6) is -0.970. The Kier molecular flexibility index (Phi) is 4.95. The Balaban J connectivity index is 1.49. The molecule has 1 fully saturated rings. The van der Waals surface area contributed by atoms with Gasteiger partial charge in [0.05, 0.1) is 6.20 Å². The number of anilines is 1. The molecule has 1 aliphatic rings. The Morgan fingerprint density at radius 1 is 1.17 bits per heavy atom. The van der Waals surface area contributed by atoms with Gasteiger partial charge in [0.25, 0.3) is 0 Å². The third kappa shape index (κ3) is 3.83. The molecule has 1 aliphatic heterocycles. The van der Waals surface area contributed by atoms with Crippen LogP contribution in [0.5, 0.6) is 0 Å². The molecule has 1 N–H and O–H groups in total. The van der Waals surface area contributed by atoms with E-state index in [9.17, 15) is 9.59 Å². The number of thiazole rings is 1. The van der Waals surface area contributed by atoms with Gasteiger partial charge in [-0.15, -0.1) is 0 Å². The van der Waals surface area contributed by atoms with Gasteiger partial charge in [0.1, 0.15) is 11.5 Å². The Labute approximate surface area is 143 Å². The van der Waals surface area contributed by atoms with Crippen LogP contribution in [0.3, 0.4) is 0 Å². The highest BCUT2D eigenvalue weighted by Gasteiger charge is 2.24. The number of benzene rings is 1. The fraction of sp³-hybridized carbons (Fsp3) is 0.312. The average Bonchev–Trinajstić information content (AvgIpc) is 3.11. The summed E-state index contributed by atoms with van der Waals surface area (Å²) in [5.41, 5.74) is 0.952. The molecule has 0 spiro atoms. The zero-order chi connectivity index (χ0) is 16.9. The average molecular weight is 347 g/mol. The van der Waals surface area contributed by atoms with Gasteiger partial charge in [-0.05, 0) is 5.56 Å². The number of amides is 1. The fourth-order valence-corrected chi connectivity index (χ4v) is 3.21. The van der Waals surface area contributed by atoms with Crippen LogP contribution in [-0.4, -0.2) is 53.2 Å². The van der Waals surface area contributed by atoms with Crippen LogP contribution in [0, 0.1) is 0 Å². The van der Waals surface area contributed by atoms with Gasteiger partial charge in [-0.2, -0.15) is 0 Å². The van der Waals surface area contributed by atoms with Crippen molar-refractivity contribution in [3.05, 3.63) is 47.0 Å². The molecule has 1 aromatic heterocycles. The highest BCUT2D eigenvalue weighted by Crippen LogP contribution is 2.23. The maximum atomic E-state index is 12.1. The van der Waals surface area contributed by atoms with Crippen molar-refractivity contribution in [2.45, 2.75) is 6.61 Å². The second-order valence-corrected chi connectivity index (χ2v) is 6.34. The lowest BCUT2D eigenvalue weighted by Crippen LogP contribution is -2.48. The van der Waals surface area contributed by atoms with Crippen LogP contribution in [0.4, 0.5) is 9.93 Å². The Hall–Kier alpha value is -2.61. The number of aromatic carboxylic acids is 1. The summed E-state index contributed by atoms with van der Waals surface area (Å²) in [4.78, 5) is 31.0. The first-order chi connectivity index (χ1) is 11.6. The first-order valence-electron chi connectivity index (χ1n) is 7.53. The molecule has 0 unspecified atom stereocenters. The van der Waals surface area contributed by atoms with Crippen molar-refractivity contribution < 1.29 is 19.4 Å². The third-order valence-electron chi connectivity index (χ3n) is 3.72. The topological polar surface area (TPSA) is 83.0 Å². The standard InChI is InChI=1S/C16H17N3O4S/c20-14(21)13-10-17-15(24-13)18-6-8-19(9-7-18)16(22)23-11-12-4-2-1-3-5-12/h1-5,10H,6-9,11H2,(H,20,21). The maximum Gasteiger partial charge on any atom is 0.410 e. The molecule has 0 saturated carbocycles. The number of ether oxygens (including phenoxy) is 1. The molecule has 0 radical (unpaired) electrons. The largest absolute Gasteiger partial charge is 0.477 e. The lowest BCUT2D eigenvalue weighted by atomic mass is 10.2. The summed E-state index contributed by atoms with van der Waals surface area (Å²) < 4.78 is 5.32. The molecular formula is C16H17N3O4S. The van der Waals surface area contributed by atoms with E-state index < -0.39 is 5.97 Å². The van der Waals surface area contributed by atoms with Crippen molar-refractivity contribution in [2.24, 2.45) is 0 Å². The number of piperazine rings is 1. The number of carboxylic acids is 1. The summed E-state index contributed by atoms with van der Waals surface area (Å²) in [6.07, 6.45) is 1.03. The van der Waals surface area contributed by atoms with E-state index in [4.69, 9.17) is 9.84 Å². The fourth-order valence-electron chi connectivity index (χ4n) is 2.40. The Bertz CT molecular complexity index is 711. The van der Waals surface area contributed by atoms with Gasteiger partial charge in [0.2, 0.25) is 0 Å². The number of aromatic nitrogens is 1. The van der Waals surface area contributed by atoms with Crippen LogP contribution in [0.25, 0.3) is 0 Å². The molecule has 126 valence electrons. The molecule has 7 nitrogen and oxygen atoms in total. The second kappa shape index (κ2) is 7.31. The van der Waals surface area contributed by atoms with E-state index in [1.807, 2.05) is 35.2 Å². The van der Waals surface area contributed by atoms with E-state index in [1.165, 1.54) is 6.20 Å². The lowest BCUT2D eigenvalue weighted by Gasteiger charge is -2.33. The van der Waals surface area contributed by atoms with Crippen molar-refractivity contribution in [1.82, 2.24) is 9.88 Å². The van der Waals surface area contributed by atoms with Crippen molar-refractivity contribution in [3.63, 3.8) is 0 Å². The van der Waals surface area contributed by atoms with Crippen LogP contribution < -0.4 is 4.90 Å². The SMILES string of the molecule is O=C(O)c1cnc(N2CCN(C(=O)OCc3ccccc3)CC2)s1. The van der Waals surface area contributed by atoms with Crippen LogP contribution in [0.1, 0.15) is 15.2 Å². The molecule has 1 aromatic carbocycles. The zero-order valence-electron chi connectivity index (χ0n) is 12.9.